The molecule has 0 saturated carbocycles. The maximum Gasteiger partial charge on any atom is 0.127 e. The van der Waals surface area contributed by atoms with Crippen LogP contribution in [0.15, 0.2) is 78.2 Å². The van der Waals surface area contributed by atoms with Gasteiger partial charge in [0.1, 0.15) is 5.75 Å². The van der Waals surface area contributed by atoms with Gasteiger partial charge in [0, 0.05) is 15.8 Å². The maximum atomic E-state index is 6.28. The normalized spacial score (nSPS) is 11.5. The van der Waals surface area contributed by atoms with Crippen molar-refractivity contribution >= 4 is 43.7 Å². The highest BCUT2D eigenvalue weighted by molar-refractivity contribution is 7.13. The van der Waals surface area contributed by atoms with Crippen LogP contribution >= 0.6 is 11.3 Å². The van der Waals surface area contributed by atoms with Crippen LogP contribution in [0.25, 0.3) is 42.8 Å². The molecule has 144 valence electrons. The summed E-state index contributed by atoms with van der Waals surface area (Å²) in [5, 5.41) is 9.85. The number of thiophene rings is 1. The van der Waals surface area contributed by atoms with Crippen LogP contribution in [-0.4, -0.2) is 6.61 Å². The van der Waals surface area contributed by atoms with Crippen molar-refractivity contribution in [3.63, 3.8) is 0 Å². The standard InChI is InChI=1S/C27H24OS/c1-2-3-6-17-28-24-15-8-13-22-20-12-7-14-23(25-16-9-18-29-25)26(20)19-10-4-5-11-21(19)27(22)24/h4-5,7-16,18H,2-3,6,17H2,1H3. The van der Waals surface area contributed by atoms with E-state index in [1.54, 1.807) is 11.3 Å². The van der Waals surface area contributed by atoms with Crippen molar-refractivity contribution in [3.05, 3.63) is 78.2 Å². The Morgan fingerprint density at radius 1 is 0.690 bits per heavy atom. The van der Waals surface area contributed by atoms with Gasteiger partial charge in [0.05, 0.1) is 6.61 Å². The van der Waals surface area contributed by atoms with Gasteiger partial charge >= 0.3 is 0 Å². The van der Waals surface area contributed by atoms with Gasteiger partial charge in [0.25, 0.3) is 0 Å². The Kier molecular flexibility index (Phi) is 4.95. The van der Waals surface area contributed by atoms with Crippen LogP contribution in [0.5, 0.6) is 5.75 Å². The third-order valence-electron chi connectivity index (χ3n) is 5.64. The number of benzene rings is 4. The molecule has 0 spiro atoms. The van der Waals surface area contributed by atoms with Gasteiger partial charge in [-0.3, -0.25) is 0 Å². The second-order valence-electron chi connectivity index (χ2n) is 7.49. The van der Waals surface area contributed by atoms with E-state index < -0.39 is 0 Å². The lowest BCUT2D eigenvalue weighted by Gasteiger charge is -2.16. The Bertz CT molecular complexity index is 1240. The molecule has 1 heterocycles. The van der Waals surface area contributed by atoms with Crippen molar-refractivity contribution in [1.82, 2.24) is 0 Å². The van der Waals surface area contributed by atoms with Gasteiger partial charge in [-0.25, -0.2) is 0 Å². The van der Waals surface area contributed by atoms with Gasteiger partial charge in [-0.2, -0.15) is 0 Å². The summed E-state index contributed by atoms with van der Waals surface area (Å²) >= 11 is 1.80. The van der Waals surface area contributed by atoms with E-state index in [4.69, 9.17) is 4.74 Å². The number of hydrogen-bond acceptors (Lipinski definition) is 2. The van der Waals surface area contributed by atoms with E-state index in [2.05, 4.69) is 85.1 Å². The van der Waals surface area contributed by atoms with E-state index in [0.717, 1.165) is 18.8 Å². The molecule has 0 bridgehead atoms. The lowest BCUT2D eigenvalue weighted by Crippen LogP contribution is -1.98. The van der Waals surface area contributed by atoms with Crippen LogP contribution in [-0.2, 0) is 0 Å². The first-order valence-corrected chi connectivity index (χ1v) is 11.3. The highest BCUT2D eigenvalue weighted by Gasteiger charge is 2.15. The first-order chi connectivity index (χ1) is 14.4. The molecule has 0 fully saturated rings. The fourth-order valence-corrected chi connectivity index (χ4v) is 5.07. The highest BCUT2D eigenvalue weighted by atomic mass is 32.1. The summed E-state index contributed by atoms with van der Waals surface area (Å²) in [6, 6.07) is 26.3. The van der Waals surface area contributed by atoms with Crippen LogP contribution in [0, 0.1) is 0 Å². The van der Waals surface area contributed by atoms with E-state index in [1.807, 2.05) is 0 Å². The summed E-state index contributed by atoms with van der Waals surface area (Å²) in [5.74, 6) is 0.998. The molecule has 0 aliphatic carbocycles. The summed E-state index contributed by atoms with van der Waals surface area (Å²) in [7, 11) is 0. The summed E-state index contributed by atoms with van der Waals surface area (Å²) in [5.41, 5.74) is 1.31. The van der Waals surface area contributed by atoms with Crippen molar-refractivity contribution in [2.24, 2.45) is 0 Å². The van der Waals surface area contributed by atoms with Crippen LogP contribution < -0.4 is 4.74 Å². The van der Waals surface area contributed by atoms with Crippen molar-refractivity contribution in [2.45, 2.75) is 26.2 Å². The predicted octanol–water partition coefficient (Wildman–Crippen LogP) is 8.44. The van der Waals surface area contributed by atoms with E-state index in [-0.39, 0.29) is 0 Å². The van der Waals surface area contributed by atoms with Crippen LogP contribution in [0.1, 0.15) is 26.2 Å². The zero-order valence-electron chi connectivity index (χ0n) is 16.7. The average molecular weight is 397 g/mol. The summed E-state index contributed by atoms with van der Waals surface area (Å²) < 4.78 is 6.28. The third-order valence-corrected chi connectivity index (χ3v) is 6.54. The minimum atomic E-state index is 0.772. The van der Waals surface area contributed by atoms with E-state index >= 15 is 0 Å². The fraction of sp³-hybridized carbons (Fsp3) is 0.185. The third kappa shape index (κ3) is 3.18. The molecule has 5 rings (SSSR count). The van der Waals surface area contributed by atoms with Crippen molar-refractivity contribution in [1.29, 1.82) is 0 Å². The molecule has 0 aliphatic rings. The first kappa shape index (κ1) is 18.2. The molecule has 0 radical (unpaired) electrons. The maximum absolute atomic E-state index is 6.28. The molecule has 0 unspecified atom stereocenters. The minimum absolute atomic E-state index is 0.772. The molecule has 0 atom stereocenters. The van der Waals surface area contributed by atoms with Crippen LogP contribution in [0.2, 0.25) is 0 Å². The molecule has 1 aromatic heterocycles. The quantitative estimate of drug-likeness (QED) is 0.207. The topological polar surface area (TPSA) is 9.23 Å². The number of rotatable bonds is 6. The number of hydrogen-bond donors (Lipinski definition) is 0. The van der Waals surface area contributed by atoms with Crippen LogP contribution in [0.3, 0.4) is 0 Å². The Balaban J connectivity index is 1.83. The Hall–Kier alpha value is -2.84. The molecular weight excluding hydrogens is 372 g/mol. The molecule has 29 heavy (non-hydrogen) atoms. The lowest BCUT2D eigenvalue weighted by molar-refractivity contribution is 0.310. The van der Waals surface area contributed by atoms with Gasteiger partial charge in [-0.05, 0) is 50.9 Å². The second kappa shape index (κ2) is 7.88. The monoisotopic (exact) mass is 396 g/mol. The zero-order chi connectivity index (χ0) is 19.6. The number of unbranched alkanes of at least 4 members (excludes halogenated alkanes) is 2. The average Bonchev–Trinajstić information content (AvgIpc) is 3.31. The Morgan fingerprint density at radius 3 is 2.07 bits per heavy atom. The molecule has 0 saturated heterocycles. The van der Waals surface area contributed by atoms with Gasteiger partial charge < -0.3 is 4.74 Å². The zero-order valence-corrected chi connectivity index (χ0v) is 17.5. The van der Waals surface area contributed by atoms with Crippen molar-refractivity contribution < 1.29 is 4.74 Å². The molecule has 0 amide bonds. The van der Waals surface area contributed by atoms with Gasteiger partial charge in [0.2, 0.25) is 0 Å². The van der Waals surface area contributed by atoms with Gasteiger partial charge in [-0.1, -0.05) is 80.4 Å². The molecule has 0 aliphatic heterocycles. The Morgan fingerprint density at radius 2 is 1.38 bits per heavy atom. The smallest absolute Gasteiger partial charge is 0.127 e. The predicted molar refractivity (Wildman–Crippen MR) is 127 cm³/mol. The molecule has 5 aromatic rings. The largest absolute Gasteiger partial charge is 0.493 e. The minimum Gasteiger partial charge on any atom is -0.493 e. The SMILES string of the molecule is CCCCCOc1cccc2c3cccc(-c4cccs4)c3c3ccccc3c12. The molecule has 0 N–H and O–H groups in total. The summed E-state index contributed by atoms with van der Waals surface area (Å²) in [6.07, 6.45) is 3.51. The second-order valence-corrected chi connectivity index (χ2v) is 8.43. The Labute approximate surface area is 175 Å². The highest BCUT2D eigenvalue weighted by Crippen LogP contribution is 2.43. The fourth-order valence-electron chi connectivity index (χ4n) is 4.31. The lowest BCUT2D eigenvalue weighted by atomic mass is 9.91. The van der Waals surface area contributed by atoms with Crippen molar-refractivity contribution in [3.8, 4) is 16.2 Å². The van der Waals surface area contributed by atoms with E-state index in [9.17, 15) is 0 Å². The van der Waals surface area contributed by atoms with Gasteiger partial charge in [0.15, 0.2) is 0 Å². The number of fused-ring (bicyclic) bond motifs is 6. The van der Waals surface area contributed by atoms with E-state index in [0.29, 0.717) is 0 Å². The molecule has 4 aromatic carbocycles. The van der Waals surface area contributed by atoms with Crippen molar-refractivity contribution in [2.75, 3.05) is 6.61 Å². The summed E-state index contributed by atoms with van der Waals surface area (Å²) in [4.78, 5) is 1.31. The number of ether oxygens (including phenoxy) is 1. The molecular formula is C27H24OS. The molecule has 1 nitrogen and oxygen atoms in total. The van der Waals surface area contributed by atoms with Gasteiger partial charge in [-0.15, -0.1) is 11.3 Å². The summed E-state index contributed by atoms with van der Waals surface area (Å²) in [6.45, 7) is 3.00. The van der Waals surface area contributed by atoms with Crippen LogP contribution in [0.4, 0.5) is 0 Å². The van der Waals surface area contributed by atoms with E-state index in [1.165, 1.54) is 55.6 Å². The first-order valence-electron chi connectivity index (χ1n) is 10.4. The molecule has 2 heteroatoms.